The summed E-state index contributed by atoms with van der Waals surface area (Å²) in [5.74, 6) is -0.837. The van der Waals surface area contributed by atoms with Gasteiger partial charge >= 0.3 is 6.09 Å². The van der Waals surface area contributed by atoms with E-state index in [-0.39, 0.29) is 12.2 Å². The molecule has 0 aromatic rings. The summed E-state index contributed by atoms with van der Waals surface area (Å²) in [4.78, 5) is 21.3. The molecular weight excluding hydrogens is 160 g/mol. The molecule has 0 saturated heterocycles. The number of imide groups is 1. The molecule has 0 aromatic carbocycles. The Labute approximate surface area is 69.6 Å². The molecule has 0 fully saturated rings. The third kappa shape index (κ3) is 3.37. The van der Waals surface area contributed by atoms with Gasteiger partial charge in [-0.25, -0.2) is 4.79 Å². The smallest absolute Gasteiger partial charge is 0.414 e. The minimum absolute atomic E-state index is 0.165. The summed E-state index contributed by atoms with van der Waals surface area (Å²) in [6.07, 6.45) is -0.876. The van der Waals surface area contributed by atoms with Gasteiger partial charge in [-0.1, -0.05) is 6.58 Å². The fraction of sp³-hybridized carbons (Fsp3) is 0.286. The molecular formula is C7H8N2O3. The van der Waals surface area contributed by atoms with Crippen LogP contribution in [-0.4, -0.2) is 18.6 Å². The lowest BCUT2D eigenvalue weighted by Crippen LogP contribution is -2.31. The third-order valence-electron chi connectivity index (χ3n) is 0.900. The number of hydrogen-bond donors (Lipinski definition) is 1. The molecule has 0 aliphatic rings. The summed E-state index contributed by atoms with van der Waals surface area (Å²) in [6, 6.07) is 1.50. The van der Waals surface area contributed by atoms with E-state index in [1.807, 2.05) is 5.32 Å². The first-order valence-corrected chi connectivity index (χ1v) is 3.19. The predicted octanol–water partition coefficient (Wildman–Crippen LogP) is 0.339. The van der Waals surface area contributed by atoms with Crippen molar-refractivity contribution in [2.75, 3.05) is 6.61 Å². The van der Waals surface area contributed by atoms with Crippen molar-refractivity contribution in [2.45, 2.75) is 6.92 Å². The standard InChI is InChI=1S/C7H8N2O3/c1-3-12-7(11)9-6(10)5(2)4-8/h2-3H2,1H3,(H,9,10,11). The van der Waals surface area contributed by atoms with Crippen LogP contribution < -0.4 is 5.32 Å². The zero-order chi connectivity index (χ0) is 9.56. The lowest BCUT2D eigenvalue weighted by molar-refractivity contribution is -0.116. The number of hydrogen-bond acceptors (Lipinski definition) is 4. The number of carbonyl (C=O) groups is 2. The summed E-state index contributed by atoms with van der Waals surface area (Å²) in [5, 5.41) is 9.99. The van der Waals surface area contributed by atoms with Gasteiger partial charge in [0.15, 0.2) is 0 Å². The number of rotatable bonds is 2. The van der Waals surface area contributed by atoms with Gasteiger partial charge in [0.25, 0.3) is 5.91 Å². The van der Waals surface area contributed by atoms with E-state index in [1.165, 1.54) is 6.07 Å². The number of nitrogens with zero attached hydrogens (tertiary/aromatic N) is 1. The van der Waals surface area contributed by atoms with Crippen LogP contribution in [0.4, 0.5) is 4.79 Å². The number of amides is 2. The Bertz CT molecular complexity index is 252. The quantitative estimate of drug-likeness (QED) is 0.476. The second kappa shape index (κ2) is 4.91. The van der Waals surface area contributed by atoms with Gasteiger partial charge in [-0.05, 0) is 6.92 Å². The molecule has 0 aromatic heterocycles. The number of nitrogens with one attached hydrogen (secondary N) is 1. The molecule has 0 aliphatic carbocycles. The lowest BCUT2D eigenvalue weighted by Gasteiger charge is -2.00. The first kappa shape index (κ1) is 10.2. The van der Waals surface area contributed by atoms with Crippen molar-refractivity contribution in [3.63, 3.8) is 0 Å². The molecule has 0 saturated carbocycles. The van der Waals surface area contributed by atoms with Crippen LogP contribution in [0.3, 0.4) is 0 Å². The van der Waals surface area contributed by atoms with Crippen molar-refractivity contribution in [2.24, 2.45) is 0 Å². The van der Waals surface area contributed by atoms with Crippen LogP contribution in [-0.2, 0) is 9.53 Å². The van der Waals surface area contributed by atoms with Crippen LogP contribution in [0, 0.1) is 11.3 Å². The molecule has 0 aliphatic heterocycles. The van der Waals surface area contributed by atoms with Gasteiger partial charge in [-0.2, -0.15) is 5.26 Å². The molecule has 12 heavy (non-hydrogen) atoms. The van der Waals surface area contributed by atoms with Crippen molar-refractivity contribution in [3.05, 3.63) is 12.2 Å². The maximum atomic E-state index is 10.7. The first-order chi connectivity index (χ1) is 5.61. The van der Waals surface area contributed by atoms with E-state index >= 15 is 0 Å². The zero-order valence-electron chi connectivity index (χ0n) is 6.59. The Morgan fingerprint density at radius 2 is 2.25 bits per heavy atom. The predicted molar refractivity (Wildman–Crippen MR) is 39.9 cm³/mol. The first-order valence-electron chi connectivity index (χ1n) is 3.19. The highest BCUT2D eigenvalue weighted by Gasteiger charge is 2.10. The lowest BCUT2D eigenvalue weighted by atomic mass is 10.3. The van der Waals surface area contributed by atoms with E-state index in [2.05, 4.69) is 11.3 Å². The topological polar surface area (TPSA) is 79.2 Å². The minimum atomic E-state index is -0.876. The minimum Gasteiger partial charge on any atom is -0.450 e. The van der Waals surface area contributed by atoms with Gasteiger partial charge in [0, 0.05) is 0 Å². The molecule has 5 heteroatoms. The van der Waals surface area contributed by atoms with Crippen molar-refractivity contribution in [1.82, 2.24) is 5.32 Å². The van der Waals surface area contributed by atoms with Crippen LogP contribution in [0.1, 0.15) is 6.92 Å². The molecule has 2 amide bonds. The molecule has 5 nitrogen and oxygen atoms in total. The number of nitriles is 1. The molecule has 0 unspecified atom stereocenters. The number of alkyl carbamates (subject to hydrolysis) is 1. The highest BCUT2D eigenvalue weighted by Crippen LogP contribution is 1.86. The largest absolute Gasteiger partial charge is 0.450 e. The van der Waals surface area contributed by atoms with Gasteiger partial charge in [0.1, 0.15) is 11.6 Å². The Kier molecular flexibility index (Phi) is 4.16. The second-order valence-corrected chi connectivity index (χ2v) is 1.76. The number of ether oxygens (including phenoxy) is 1. The van der Waals surface area contributed by atoms with E-state index < -0.39 is 12.0 Å². The van der Waals surface area contributed by atoms with E-state index in [4.69, 9.17) is 5.26 Å². The fourth-order valence-corrected chi connectivity index (χ4v) is 0.386. The molecule has 0 radical (unpaired) electrons. The maximum absolute atomic E-state index is 10.7. The Morgan fingerprint density at radius 1 is 1.67 bits per heavy atom. The van der Waals surface area contributed by atoms with Crippen LogP contribution in [0.2, 0.25) is 0 Å². The molecule has 0 spiro atoms. The van der Waals surface area contributed by atoms with E-state index in [0.29, 0.717) is 0 Å². The third-order valence-corrected chi connectivity index (χ3v) is 0.900. The van der Waals surface area contributed by atoms with E-state index in [9.17, 15) is 9.59 Å². The van der Waals surface area contributed by atoms with Crippen molar-refractivity contribution >= 4 is 12.0 Å². The zero-order valence-corrected chi connectivity index (χ0v) is 6.59. The monoisotopic (exact) mass is 168 g/mol. The molecule has 0 heterocycles. The summed E-state index contributed by atoms with van der Waals surface area (Å²) >= 11 is 0. The highest BCUT2D eigenvalue weighted by atomic mass is 16.5. The Morgan fingerprint density at radius 3 is 2.67 bits per heavy atom. The van der Waals surface area contributed by atoms with Crippen molar-refractivity contribution < 1.29 is 14.3 Å². The highest BCUT2D eigenvalue weighted by molar-refractivity contribution is 6.04. The molecule has 0 atom stereocenters. The van der Waals surface area contributed by atoms with E-state index in [1.54, 1.807) is 6.92 Å². The average Bonchev–Trinajstić information content (AvgIpc) is 2.03. The summed E-state index contributed by atoms with van der Waals surface area (Å²) in [6.45, 7) is 4.87. The normalized spacial score (nSPS) is 8.00. The Balaban J connectivity index is 3.95. The average molecular weight is 168 g/mol. The van der Waals surface area contributed by atoms with Gasteiger partial charge in [-0.15, -0.1) is 0 Å². The van der Waals surface area contributed by atoms with Crippen molar-refractivity contribution in [1.29, 1.82) is 5.26 Å². The van der Waals surface area contributed by atoms with Crippen LogP contribution >= 0.6 is 0 Å². The van der Waals surface area contributed by atoms with Crippen LogP contribution in [0.25, 0.3) is 0 Å². The summed E-state index contributed by atoms with van der Waals surface area (Å²) in [7, 11) is 0. The number of carbonyl (C=O) groups excluding carboxylic acids is 2. The SMILES string of the molecule is C=C(C#N)C(=O)NC(=O)OCC. The van der Waals surface area contributed by atoms with Crippen LogP contribution in [0.5, 0.6) is 0 Å². The van der Waals surface area contributed by atoms with Crippen molar-refractivity contribution in [3.8, 4) is 6.07 Å². The maximum Gasteiger partial charge on any atom is 0.414 e. The van der Waals surface area contributed by atoms with Gasteiger partial charge in [0.05, 0.1) is 6.61 Å². The summed E-state index contributed by atoms with van der Waals surface area (Å²) < 4.78 is 4.39. The molecule has 0 rings (SSSR count). The molecule has 0 bridgehead atoms. The van der Waals surface area contributed by atoms with Crippen LogP contribution in [0.15, 0.2) is 12.2 Å². The molecule has 64 valence electrons. The second-order valence-electron chi connectivity index (χ2n) is 1.76. The van der Waals surface area contributed by atoms with Gasteiger partial charge in [0.2, 0.25) is 0 Å². The Hall–Kier alpha value is -1.83. The summed E-state index contributed by atoms with van der Waals surface area (Å²) in [5.41, 5.74) is -0.331. The molecule has 1 N–H and O–H groups in total. The van der Waals surface area contributed by atoms with Gasteiger partial charge in [-0.3, -0.25) is 10.1 Å². The fourth-order valence-electron chi connectivity index (χ4n) is 0.386. The van der Waals surface area contributed by atoms with Gasteiger partial charge < -0.3 is 4.74 Å². The van der Waals surface area contributed by atoms with E-state index in [0.717, 1.165) is 0 Å².